The highest BCUT2D eigenvalue weighted by molar-refractivity contribution is 7.47. The van der Waals surface area contributed by atoms with Gasteiger partial charge in [0.2, 0.25) is 5.91 Å². The number of H-pyrrole nitrogens is 1. The molecule has 2 aromatic rings. The van der Waals surface area contributed by atoms with Gasteiger partial charge in [-0.05, 0) is 40.2 Å². The van der Waals surface area contributed by atoms with Gasteiger partial charge in [-0.15, -0.1) is 0 Å². The van der Waals surface area contributed by atoms with Crippen LogP contribution in [0.3, 0.4) is 0 Å². The largest absolute Gasteiger partial charge is 0.472 e. The van der Waals surface area contributed by atoms with Gasteiger partial charge < -0.3 is 34.5 Å². The highest BCUT2D eigenvalue weighted by Crippen LogP contribution is 2.50. The molecule has 2 fully saturated rings. The number of phosphoric acid groups is 1. The van der Waals surface area contributed by atoms with Crippen LogP contribution in [0.1, 0.15) is 150 Å². The monoisotopic (exact) mass is 929 g/mol. The fraction of sp³-hybridized carbons (Fsp3) is 0.795. The van der Waals surface area contributed by atoms with Gasteiger partial charge in [0.1, 0.15) is 24.1 Å². The van der Waals surface area contributed by atoms with Crippen molar-refractivity contribution in [3.05, 3.63) is 55.8 Å². The summed E-state index contributed by atoms with van der Waals surface area (Å²) in [5, 5.41) is 0. The molecular formula is C44H74FN6O12P. The Hall–Kier alpha value is -3.29. The van der Waals surface area contributed by atoms with E-state index in [1.165, 1.54) is 94.7 Å². The van der Waals surface area contributed by atoms with Gasteiger partial charge in [0.05, 0.1) is 24.9 Å². The summed E-state index contributed by atoms with van der Waals surface area (Å²) in [5.74, 6) is -1.58. The zero-order chi connectivity index (χ0) is 46.8. The quantitative estimate of drug-likeness (QED) is 0.0557. The molecule has 4 rings (SSSR count). The number of ether oxygens (including phenoxy) is 4. The van der Waals surface area contributed by atoms with Crippen LogP contribution >= 0.6 is 7.82 Å². The number of carbonyl (C=O) groups excluding carboxylic acids is 1. The first-order valence-electron chi connectivity index (χ1n) is 23.3. The van der Waals surface area contributed by atoms with Crippen LogP contribution in [0.5, 0.6) is 0 Å². The second-order valence-corrected chi connectivity index (χ2v) is 18.9. The zero-order valence-electron chi connectivity index (χ0n) is 38.6. The van der Waals surface area contributed by atoms with Crippen LogP contribution in [0.25, 0.3) is 0 Å². The molecule has 0 aromatic carbocycles. The lowest BCUT2D eigenvalue weighted by molar-refractivity contribution is -0.136. The van der Waals surface area contributed by atoms with Crippen molar-refractivity contribution < 1.29 is 46.6 Å². The standard InChI is InChI=1S/C44H74FN6O12P/c1-7-8-9-10-11-12-13-14-15-16-17-18-19-20-21-24-49(37(53)27-32-34(29-59-30(2)3)61-41(38(32)45)50-25-22-35(46)47-43(50)54)28-33-39(63-64(56,57)62-31(4)5)40(58-6)42(60-33)51-26-23-36(52)48-44(51)55/h22-23,25-26,30-34,38-42H,7-21,24,27-29H2,1-6H3,(H,56,57)(H2,46,47,54)(H,48,52,55)/t32?,33-,34-,38?,39?,40?,41-,42-/m1/s1. The summed E-state index contributed by atoms with van der Waals surface area (Å²) in [6.07, 6.45) is 9.27. The predicted octanol–water partition coefficient (Wildman–Crippen LogP) is 6.57. The summed E-state index contributed by atoms with van der Waals surface area (Å²) in [4.78, 5) is 70.6. The van der Waals surface area contributed by atoms with Crippen molar-refractivity contribution in [2.45, 2.75) is 193 Å². The molecule has 364 valence electrons. The first kappa shape index (κ1) is 53.3. The summed E-state index contributed by atoms with van der Waals surface area (Å²) in [7, 11) is -3.47. The maximum Gasteiger partial charge on any atom is 0.472 e. The smallest absolute Gasteiger partial charge is 0.383 e. The van der Waals surface area contributed by atoms with Crippen molar-refractivity contribution >= 4 is 19.5 Å². The van der Waals surface area contributed by atoms with E-state index in [4.69, 9.17) is 33.7 Å². The van der Waals surface area contributed by atoms with Gasteiger partial charge in [-0.2, -0.15) is 4.98 Å². The molecule has 5 unspecified atom stereocenters. The van der Waals surface area contributed by atoms with E-state index in [0.29, 0.717) is 6.42 Å². The highest BCUT2D eigenvalue weighted by Gasteiger charge is 2.52. The van der Waals surface area contributed by atoms with E-state index in [1.54, 1.807) is 13.8 Å². The van der Waals surface area contributed by atoms with Gasteiger partial charge >= 0.3 is 19.2 Å². The Labute approximate surface area is 376 Å². The molecule has 2 aromatic heterocycles. The summed E-state index contributed by atoms with van der Waals surface area (Å²) < 4.78 is 66.9. The van der Waals surface area contributed by atoms with E-state index in [2.05, 4.69) is 16.9 Å². The van der Waals surface area contributed by atoms with Crippen LogP contribution in [0.15, 0.2) is 38.9 Å². The first-order valence-corrected chi connectivity index (χ1v) is 24.8. The summed E-state index contributed by atoms with van der Waals surface area (Å²) in [6, 6.07) is 2.47. The third-order valence-electron chi connectivity index (χ3n) is 11.7. The van der Waals surface area contributed by atoms with Crippen LogP contribution in [-0.4, -0.2) is 104 Å². The Kier molecular flexibility index (Phi) is 22.3. The number of phosphoric ester groups is 1. The molecular weight excluding hydrogens is 854 g/mol. The molecule has 4 heterocycles. The molecule has 64 heavy (non-hydrogen) atoms. The van der Waals surface area contributed by atoms with Crippen LogP contribution in [0.4, 0.5) is 10.2 Å². The molecule has 0 saturated carbocycles. The SMILES string of the molecule is CCCCCCCCCCCCCCCCCN(C[C@H]1O[C@@H](n2ccc(=O)[nH]c2=O)C(OC)C1OP(=O)(O)OC(C)C)C(=O)CC1C(F)[C@H](n2ccc(N)nc2=O)O[C@@H]1COC(C)C. The van der Waals surface area contributed by atoms with Gasteiger partial charge in [0.15, 0.2) is 18.6 Å². The van der Waals surface area contributed by atoms with Gasteiger partial charge in [0, 0.05) is 51.0 Å². The number of anilines is 1. The molecule has 0 bridgehead atoms. The molecule has 20 heteroatoms. The average Bonchev–Trinajstić information content (AvgIpc) is 3.71. The van der Waals surface area contributed by atoms with Crippen molar-refractivity contribution in [3.63, 3.8) is 0 Å². The van der Waals surface area contributed by atoms with Crippen LogP contribution in [-0.2, 0) is 37.4 Å². The third kappa shape index (κ3) is 16.5. The number of nitrogens with two attached hydrogens (primary N) is 1. The summed E-state index contributed by atoms with van der Waals surface area (Å²) in [6.45, 7) is 8.90. The van der Waals surface area contributed by atoms with Crippen molar-refractivity contribution in [2.24, 2.45) is 5.92 Å². The number of methoxy groups -OCH3 is 1. The molecule has 2 aliphatic rings. The number of hydrogen-bond donors (Lipinski definition) is 3. The number of carbonyl (C=O) groups is 1. The van der Waals surface area contributed by atoms with Crippen molar-refractivity contribution in [1.82, 2.24) is 24.0 Å². The molecule has 18 nitrogen and oxygen atoms in total. The van der Waals surface area contributed by atoms with Crippen LogP contribution in [0, 0.1) is 5.92 Å². The van der Waals surface area contributed by atoms with Gasteiger partial charge in [-0.25, -0.2) is 18.5 Å². The molecule has 0 aliphatic carbocycles. The number of nitrogen functional groups attached to an aromatic ring is 1. The van der Waals surface area contributed by atoms with E-state index in [1.807, 2.05) is 13.8 Å². The number of halogens is 1. The number of nitrogens with one attached hydrogen (secondary N) is 1. The number of unbranched alkanes of at least 4 members (excludes halogenated alkanes) is 14. The van der Waals surface area contributed by atoms with E-state index < -0.39 is 85.7 Å². The van der Waals surface area contributed by atoms with E-state index in [9.17, 15) is 28.6 Å². The van der Waals surface area contributed by atoms with E-state index >= 15 is 4.39 Å². The van der Waals surface area contributed by atoms with Crippen molar-refractivity contribution in [3.8, 4) is 0 Å². The third-order valence-corrected chi connectivity index (χ3v) is 12.9. The molecule has 0 radical (unpaired) electrons. The Bertz CT molecular complexity index is 1930. The van der Waals surface area contributed by atoms with Crippen LogP contribution in [0.2, 0.25) is 0 Å². The molecule has 4 N–H and O–H groups in total. The lowest BCUT2D eigenvalue weighted by Gasteiger charge is -2.31. The number of amides is 1. The number of nitrogens with zero attached hydrogens (tertiary/aromatic N) is 4. The molecule has 0 spiro atoms. The summed E-state index contributed by atoms with van der Waals surface area (Å²) >= 11 is 0. The topological polar surface area (TPSA) is 229 Å². The summed E-state index contributed by atoms with van der Waals surface area (Å²) in [5.41, 5.74) is 3.40. The van der Waals surface area contributed by atoms with Crippen molar-refractivity contribution in [1.29, 1.82) is 0 Å². The number of alkyl halides is 1. The zero-order valence-corrected chi connectivity index (χ0v) is 39.5. The van der Waals surface area contributed by atoms with Gasteiger partial charge in [-0.3, -0.25) is 32.8 Å². The minimum Gasteiger partial charge on any atom is -0.383 e. The van der Waals surface area contributed by atoms with Gasteiger partial charge in [0.25, 0.3) is 5.56 Å². The molecule has 2 aliphatic heterocycles. The van der Waals surface area contributed by atoms with E-state index in [-0.39, 0.29) is 38.0 Å². The molecule has 2 saturated heterocycles. The Balaban J connectivity index is 1.53. The second-order valence-electron chi connectivity index (χ2n) is 17.6. The normalized spacial score (nSPS) is 24.5. The predicted molar refractivity (Wildman–Crippen MR) is 239 cm³/mol. The number of hydrogen-bond acceptors (Lipinski definition) is 13. The Morgan fingerprint density at radius 2 is 1.45 bits per heavy atom. The van der Waals surface area contributed by atoms with Crippen molar-refractivity contribution in [2.75, 3.05) is 32.5 Å². The maximum atomic E-state index is 16.6. The molecule has 9 atom stereocenters. The second kappa shape index (κ2) is 26.8. The number of aromatic amines is 1. The maximum absolute atomic E-state index is 16.6. The Morgan fingerprint density at radius 1 is 0.875 bits per heavy atom. The number of aromatic nitrogens is 4. The molecule has 1 amide bonds. The lowest BCUT2D eigenvalue weighted by atomic mass is 9.94. The minimum atomic E-state index is -4.77. The average molecular weight is 929 g/mol. The van der Waals surface area contributed by atoms with Gasteiger partial charge in [-0.1, -0.05) is 96.8 Å². The lowest BCUT2D eigenvalue weighted by Crippen LogP contribution is -2.45. The fourth-order valence-electron chi connectivity index (χ4n) is 8.37. The van der Waals surface area contributed by atoms with E-state index in [0.717, 1.165) is 40.9 Å². The first-order chi connectivity index (χ1) is 30.5. The minimum absolute atomic E-state index is 0.0383. The highest BCUT2D eigenvalue weighted by atomic mass is 31.2. The Morgan fingerprint density at radius 3 is 2.00 bits per heavy atom. The fourth-order valence-corrected chi connectivity index (χ4v) is 9.52. The number of rotatable bonds is 30. The van der Waals surface area contributed by atoms with Crippen LogP contribution < -0.4 is 22.7 Å².